The van der Waals surface area contributed by atoms with Crippen molar-refractivity contribution in [1.82, 2.24) is 4.98 Å². The van der Waals surface area contributed by atoms with Gasteiger partial charge in [0.2, 0.25) is 0 Å². The Morgan fingerprint density at radius 1 is 1.23 bits per heavy atom. The highest BCUT2D eigenvalue weighted by Crippen LogP contribution is 2.43. The summed E-state index contributed by atoms with van der Waals surface area (Å²) in [4.78, 5) is 8.83. The number of nitrogens with two attached hydrogens (primary N) is 1. The lowest BCUT2D eigenvalue weighted by molar-refractivity contribution is 0.157. The van der Waals surface area contributed by atoms with Gasteiger partial charge in [-0.1, -0.05) is 18.2 Å². The summed E-state index contributed by atoms with van der Waals surface area (Å²) in [6, 6.07) is 8.92. The number of rotatable bonds is 1. The van der Waals surface area contributed by atoms with Crippen LogP contribution in [-0.4, -0.2) is 22.6 Å². The van der Waals surface area contributed by atoms with Crippen molar-refractivity contribution in [2.24, 2.45) is 10.7 Å². The molecule has 2 atom stereocenters. The van der Waals surface area contributed by atoms with E-state index in [4.69, 9.17) is 10.5 Å². The minimum absolute atomic E-state index is 0.0197. The van der Waals surface area contributed by atoms with Crippen LogP contribution in [0.5, 0.6) is 0 Å². The van der Waals surface area contributed by atoms with Gasteiger partial charge in [0.15, 0.2) is 0 Å². The summed E-state index contributed by atoms with van der Waals surface area (Å²) in [5.41, 5.74) is 12.0. The molecule has 1 aliphatic heterocycles. The average molecular weight is 293 g/mol. The van der Waals surface area contributed by atoms with Crippen molar-refractivity contribution in [3.05, 3.63) is 53.3 Å². The van der Waals surface area contributed by atoms with Crippen molar-refractivity contribution in [2.75, 3.05) is 0 Å². The molecule has 0 bridgehead atoms. The number of fused-ring (bicyclic) bond motifs is 1. The number of hydrogen-bond donors (Lipinski definition) is 1. The molecule has 4 heteroatoms. The first kappa shape index (κ1) is 13.3. The zero-order chi connectivity index (χ0) is 15.3. The fraction of sp³-hybridized carbons (Fsp3) is 0.333. The van der Waals surface area contributed by atoms with Gasteiger partial charge in [0, 0.05) is 25.2 Å². The van der Waals surface area contributed by atoms with Gasteiger partial charge in [-0.25, -0.2) is 4.99 Å². The van der Waals surface area contributed by atoms with E-state index >= 15 is 0 Å². The van der Waals surface area contributed by atoms with E-state index in [1.165, 1.54) is 27.8 Å². The normalized spacial score (nSPS) is 25.9. The van der Waals surface area contributed by atoms with Gasteiger partial charge >= 0.3 is 0 Å². The zero-order valence-corrected chi connectivity index (χ0v) is 12.8. The van der Waals surface area contributed by atoms with Crippen molar-refractivity contribution < 1.29 is 4.74 Å². The van der Waals surface area contributed by atoms with Gasteiger partial charge in [-0.3, -0.25) is 4.98 Å². The molecule has 4 rings (SSSR count). The SMILES string of the molecule is Cc1cnccc1-c1cccc2c1C[C@@]1(C2)N=C(N)O[C@@H]1C. The molecule has 4 nitrogen and oxygen atoms in total. The minimum atomic E-state index is -0.233. The monoisotopic (exact) mass is 293 g/mol. The highest BCUT2D eigenvalue weighted by atomic mass is 16.5. The van der Waals surface area contributed by atoms with Gasteiger partial charge in [-0.2, -0.15) is 0 Å². The fourth-order valence-corrected chi connectivity index (χ4v) is 3.73. The highest BCUT2D eigenvalue weighted by Gasteiger charge is 2.48. The zero-order valence-electron chi connectivity index (χ0n) is 12.8. The third-order valence-electron chi connectivity index (χ3n) is 4.95. The number of ether oxygens (including phenoxy) is 1. The molecule has 0 radical (unpaired) electrons. The van der Waals surface area contributed by atoms with Crippen LogP contribution in [0.1, 0.15) is 23.6 Å². The second-order valence-electron chi connectivity index (χ2n) is 6.30. The molecule has 1 aliphatic carbocycles. The van der Waals surface area contributed by atoms with E-state index in [1.54, 1.807) is 0 Å². The lowest BCUT2D eigenvalue weighted by Crippen LogP contribution is -2.36. The summed E-state index contributed by atoms with van der Waals surface area (Å²) in [6.07, 6.45) is 5.55. The Hall–Kier alpha value is -2.36. The molecule has 0 saturated heterocycles. The van der Waals surface area contributed by atoms with Crippen LogP contribution in [0.4, 0.5) is 0 Å². The number of aliphatic imine (C=N–C) groups is 1. The van der Waals surface area contributed by atoms with Crippen LogP contribution in [0.15, 0.2) is 41.7 Å². The van der Waals surface area contributed by atoms with E-state index in [0.717, 1.165) is 12.8 Å². The number of hydrogen-bond acceptors (Lipinski definition) is 4. The molecule has 0 saturated carbocycles. The fourth-order valence-electron chi connectivity index (χ4n) is 3.73. The number of benzene rings is 1. The number of amidine groups is 1. The molecule has 2 N–H and O–H groups in total. The quantitative estimate of drug-likeness (QED) is 0.879. The van der Waals surface area contributed by atoms with E-state index in [-0.39, 0.29) is 11.6 Å². The third kappa shape index (κ3) is 1.83. The first-order chi connectivity index (χ1) is 10.6. The van der Waals surface area contributed by atoms with Crippen LogP contribution >= 0.6 is 0 Å². The lowest BCUT2D eigenvalue weighted by Gasteiger charge is -2.23. The molecular weight excluding hydrogens is 274 g/mol. The van der Waals surface area contributed by atoms with Crippen LogP contribution in [0, 0.1) is 6.92 Å². The van der Waals surface area contributed by atoms with Gasteiger partial charge < -0.3 is 10.5 Å². The summed E-state index contributed by atoms with van der Waals surface area (Å²) in [5.74, 6) is 0. The Labute approximate surface area is 130 Å². The Balaban J connectivity index is 1.83. The van der Waals surface area contributed by atoms with Gasteiger partial charge in [0.05, 0.1) is 0 Å². The lowest BCUT2D eigenvalue weighted by atomic mass is 9.90. The van der Waals surface area contributed by atoms with Crippen LogP contribution in [0.3, 0.4) is 0 Å². The van der Waals surface area contributed by atoms with Crippen molar-refractivity contribution in [2.45, 2.75) is 38.3 Å². The molecule has 1 spiro atoms. The second kappa shape index (κ2) is 4.57. The van der Waals surface area contributed by atoms with Crippen molar-refractivity contribution in [3.63, 3.8) is 0 Å². The molecule has 0 amide bonds. The summed E-state index contributed by atoms with van der Waals surface area (Å²) >= 11 is 0. The number of aromatic nitrogens is 1. The largest absolute Gasteiger partial charge is 0.460 e. The van der Waals surface area contributed by atoms with Crippen molar-refractivity contribution >= 4 is 6.02 Å². The molecule has 0 fully saturated rings. The van der Waals surface area contributed by atoms with Crippen LogP contribution < -0.4 is 5.73 Å². The molecule has 2 aromatic rings. The Bertz CT molecular complexity index is 784. The topological polar surface area (TPSA) is 60.5 Å². The van der Waals surface area contributed by atoms with E-state index in [2.05, 4.69) is 48.1 Å². The number of nitrogens with zero attached hydrogens (tertiary/aromatic N) is 2. The molecular formula is C18H19N3O. The van der Waals surface area contributed by atoms with E-state index in [9.17, 15) is 0 Å². The first-order valence-electron chi connectivity index (χ1n) is 7.63. The van der Waals surface area contributed by atoms with Crippen LogP contribution in [-0.2, 0) is 17.6 Å². The summed E-state index contributed by atoms with van der Waals surface area (Å²) in [5, 5.41) is 0. The molecule has 112 valence electrons. The van der Waals surface area contributed by atoms with Gasteiger partial charge in [0.1, 0.15) is 11.6 Å². The molecule has 1 aromatic carbocycles. The van der Waals surface area contributed by atoms with Gasteiger partial charge in [-0.15, -0.1) is 0 Å². The van der Waals surface area contributed by atoms with E-state index in [1.807, 2.05) is 12.4 Å². The molecule has 2 heterocycles. The van der Waals surface area contributed by atoms with Gasteiger partial charge in [-0.05, 0) is 47.7 Å². The van der Waals surface area contributed by atoms with Crippen LogP contribution in [0.25, 0.3) is 11.1 Å². The van der Waals surface area contributed by atoms with E-state index < -0.39 is 0 Å². The summed E-state index contributed by atoms with van der Waals surface area (Å²) < 4.78 is 5.62. The van der Waals surface area contributed by atoms with Crippen LogP contribution in [0.2, 0.25) is 0 Å². The Morgan fingerprint density at radius 3 is 2.82 bits per heavy atom. The number of aryl methyl sites for hydroxylation is 1. The van der Waals surface area contributed by atoms with Gasteiger partial charge in [0.25, 0.3) is 6.02 Å². The first-order valence-corrected chi connectivity index (χ1v) is 7.63. The van der Waals surface area contributed by atoms with Crippen molar-refractivity contribution in [1.29, 1.82) is 0 Å². The Kier molecular flexibility index (Phi) is 2.76. The Morgan fingerprint density at radius 2 is 2.09 bits per heavy atom. The maximum Gasteiger partial charge on any atom is 0.282 e. The third-order valence-corrected chi connectivity index (χ3v) is 4.95. The second-order valence-corrected chi connectivity index (χ2v) is 6.30. The smallest absolute Gasteiger partial charge is 0.282 e. The standard InChI is InChI=1S/C18H19N3O/c1-11-10-20-7-6-14(11)15-5-3-4-13-8-18(9-16(13)15)12(2)22-17(19)21-18/h3-7,10,12H,8-9H2,1-2H3,(H2,19,21)/t12-,18-/m1/s1. The predicted molar refractivity (Wildman–Crippen MR) is 86.7 cm³/mol. The van der Waals surface area contributed by atoms with E-state index in [0.29, 0.717) is 6.02 Å². The average Bonchev–Trinajstić information content (AvgIpc) is 2.99. The maximum absolute atomic E-state index is 5.81. The number of pyridine rings is 1. The molecule has 2 aliphatic rings. The predicted octanol–water partition coefficient (Wildman–Crippen LogP) is 2.63. The molecule has 22 heavy (non-hydrogen) atoms. The summed E-state index contributed by atoms with van der Waals surface area (Å²) in [6.45, 7) is 4.16. The minimum Gasteiger partial charge on any atom is -0.460 e. The maximum atomic E-state index is 5.81. The molecule has 0 unspecified atom stereocenters. The molecule has 1 aromatic heterocycles. The summed E-state index contributed by atoms with van der Waals surface area (Å²) in [7, 11) is 0. The van der Waals surface area contributed by atoms with Crippen molar-refractivity contribution in [3.8, 4) is 11.1 Å². The highest BCUT2D eigenvalue weighted by molar-refractivity contribution is 5.76.